The average molecular weight is 372 g/mol. The number of hydrogen-bond acceptors (Lipinski definition) is 4. The molecule has 0 aromatic heterocycles. The van der Waals surface area contributed by atoms with Gasteiger partial charge in [0.2, 0.25) is 5.91 Å². The van der Waals surface area contributed by atoms with Crippen molar-refractivity contribution < 1.29 is 23.5 Å². The topological polar surface area (TPSA) is 84.5 Å². The SMILES string of the molecule is O=C(CCCNC(=O)c1ccc(F)cc1)NCC(=O)OCc1ccccc1. The maximum atomic E-state index is 12.8. The molecular weight excluding hydrogens is 351 g/mol. The molecule has 0 heterocycles. The number of carbonyl (C=O) groups excluding carboxylic acids is 3. The van der Waals surface area contributed by atoms with E-state index in [1.165, 1.54) is 24.3 Å². The lowest BCUT2D eigenvalue weighted by molar-refractivity contribution is -0.145. The molecule has 0 atom stereocenters. The van der Waals surface area contributed by atoms with Crippen LogP contribution >= 0.6 is 0 Å². The van der Waals surface area contributed by atoms with Crippen LogP contribution in [-0.2, 0) is 20.9 Å². The van der Waals surface area contributed by atoms with E-state index in [4.69, 9.17) is 4.74 Å². The lowest BCUT2D eigenvalue weighted by atomic mass is 10.2. The summed E-state index contributed by atoms with van der Waals surface area (Å²) in [6.07, 6.45) is 0.577. The second kappa shape index (κ2) is 10.7. The second-order valence-electron chi connectivity index (χ2n) is 5.79. The minimum Gasteiger partial charge on any atom is -0.460 e. The summed E-state index contributed by atoms with van der Waals surface area (Å²) in [5.74, 6) is -1.56. The zero-order valence-electron chi connectivity index (χ0n) is 14.7. The van der Waals surface area contributed by atoms with Crippen LogP contribution < -0.4 is 10.6 Å². The first kappa shape index (κ1) is 20.1. The molecule has 7 heteroatoms. The Hall–Kier alpha value is -3.22. The van der Waals surface area contributed by atoms with Crippen molar-refractivity contribution in [3.63, 3.8) is 0 Å². The molecule has 0 fully saturated rings. The fraction of sp³-hybridized carbons (Fsp3) is 0.250. The Morgan fingerprint density at radius 3 is 2.33 bits per heavy atom. The zero-order valence-corrected chi connectivity index (χ0v) is 14.7. The van der Waals surface area contributed by atoms with Crippen molar-refractivity contribution >= 4 is 17.8 Å². The first-order valence-electron chi connectivity index (χ1n) is 8.54. The predicted molar refractivity (Wildman–Crippen MR) is 97.2 cm³/mol. The fourth-order valence-electron chi connectivity index (χ4n) is 2.20. The van der Waals surface area contributed by atoms with Crippen LogP contribution in [0.25, 0.3) is 0 Å². The molecule has 0 radical (unpaired) electrons. The summed E-state index contributed by atoms with van der Waals surface area (Å²) in [5.41, 5.74) is 1.22. The van der Waals surface area contributed by atoms with Gasteiger partial charge in [0.25, 0.3) is 5.91 Å². The first-order valence-corrected chi connectivity index (χ1v) is 8.54. The molecule has 0 bridgehead atoms. The van der Waals surface area contributed by atoms with Crippen molar-refractivity contribution in [2.24, 2.45) is 0 Å². The molecule has 2 amide bonds. The molecule has 27 heavy (non-hydrogen) atoms. The van der Waals surface area contributed by atoms with Gasteiger partial charge in [0.1, 0.15) is 19.0 Å². The van der Waals surface area contributed by atoms with E-state index in [1.807, 2.05) is 30.3 Å². The monoisotopic (exact) mass is 372 g/mol. The van der Waals surface area contributed by atoms with Gasteiger partial charge in [0, 0.05) is 18.5 Å². The molecule has 142 valence electrons. The first-order chi connectivity index (χ1) is 13.0. The van der Waals surface area contributed by atoms with Gasteiger partial charge in [-0.15, -0.1) is 0 Å². The van der Waals surface area contributed by atoms with Crippen LogP contribution in [0.4, 0.5) is 4.39 Å². The summed E-state index contributed by atoms with van der Waals surface area (Å²) in [4.78, 5) is 35.1. The molecule has 0 saturated heterocycles. The summed E-state index contributed by atoms with van der Waals surface area (Å²) < 4.78 is 17.9. The maximum Gasteiger partial charge on any atom is 0.325 e. The lowest BCUT2D eigenvalue weighted by Crippen LogP contribution is -2.31. The van der Waals surface area contributed by atoms with Gasteiger partial charge < -0.3 is 15.4 Å². The van der Waals surface area contributed by atoms with Crippen molar-refractivity contribution in [2.75, 3.05) is 13.1 Å². The maximum absolute atomic E-state index is 12.8. The highest BCUT2D eigenvalue weighted by molar-refractivity contribution is 5.94. The molecule has 2 aromatic rings. The number of benzene rings is 2. The van der Waals surface area contributed by atoms with Crippen molar-refractivity contribution in [2.45, 2.75) is 19.4 Å². The molecule has 0 aliphatic carbocycles. The molecule has 0 saturated carbocycles. The number of nitrogens with one attached hydrogen (secondary N) is 2. The number of rotatable bonds is 9. The summed E-state index contributed by atoms with van der Waals surface area (Å²) in [7, 11) is 0. The third kappa shape index (κ3) is 7.68. The van der Waals surface area contributed by atoms with Crippen LogP contribution in [0.15, 0.2) is 54.6 Å². The summed E-state index contributed by atoms with van der Waals surface area (Å²) in [5, 5.41) is 5.12. The van der Waals surface area contributed by atoms with Crippen LogP contribution in [0.3, 0.4) is 0 Å². The van der Waals surface area contributed by atoms with E-state index in [0.29, 0.717) is 18.5 Å². The fourth-order valence-corrected chi connectivity index (χ4v) is 2.20. The summed E-state index contributed by atoms with van der Waals surface area (Å²) >= 11 is 0. The number of esters is 1. The molecule has 0 spiro atoms. The summed E-state index contributed by atoms with van der Waals surface area (Å²) in [6, 6.07) is 14.4. The Morgan fingerprint density at radius 2 is 1.63 bits per heavy atom. The Morgan fingerprint density at radius 1 is 0.926 bits per heavy atom. The lowest BCUT2D eigenvalue weighted by Gasteiger charge is -2.07. The highest BCUT2D eigenvalue weighted by atomic mass is 19.1. The number of hydrogen-bond donors (Lipinski definition) is 2. The Labute approximate surface area is 156 Å². The van der Waals surface area contributed by atoms with E-state index in [-0.39, 0.29) is 31.4 Å². The molecular formula is C20H21FN2O4. The van der Waals surface area contributed by atoms with E-state index in [9.17, 15) is 18.8 Å². The van der Waals surface area contributed by atoms with Gasteiger partial charge in [-0.1, -0.05) is 30.3 Å². The third-order valence-electron chi connectivity index (χ3n) is 3.65. The van der Waals surface area contributed by atoms with Crippen LogP contribution in [0.1, 0.15) is 28.8 Å². The largest absolute Gasteiger partial charge is 0.460 e. The van der Waals surface area contributed by atoms with Gasteiger partial charge in [-0.25, -0.2) is 4.39 Å². The van der Waals surface area contributed by atoms with Gasteiger partial charge in [0.15, 0.2) is 0 Å². The van der Waals surface area contributed by atoms with E-state index < -0.39 is 11.8 Å². The van der Waals surface area contributed by atoms with Gasteiger partial charge in [-0.3, -0.25) is 14.4 Å². The van der Waals surface area contributed by atoms with Gasteiger partial charge in [-0.2, -0.15) is 0 Å². The minimum atomic E-state index is -0.517. The highest BCUT2D eigenvalue weighted by Crippen LogP contribution is 2.03. The van der Waals surface area contributed by atoms with E-state index >= 15 is 0 Å². The second-order valence-corrected chi connectivity index (χ2v) is 5.79. The Balaban J connectivity index is 1.56. The van der Waals surface area contributed by atoms with Crippen molar-refractivity contribution in [3.8, 4) is 0 Å². The molecule has 2 N–H and O–H groups in total. The van der Waals surface area contributed by atoms with Gasteiger partial charge >= 0.3 is 5.97 Å². The minimum absolute atomic E-state index is 0.158. The molecule has 0 aliphatic rings. The van der Waals surface area contributed by atoms with Gasteiger partial charge in [-0.05, 0) is 36.2 Å². The standard InChI is InChI=1S/C20H21FN2O4/c21-17-10-8-16(9-11-17)20(26)22-12-4-7-18(24)23-13-19(25)27-14-15-5-2-1-3-6-15/h1-3,5-6,8-11H,4,7,12-14H2,(H,22,26)(H,23,24). The number of ether oxygens (including phenoxy) is 1. The molecule has 6 nitrogen and oxygen atoms in total. The van der Waals surface area contributed by atoms with Gasteiger partial charge in [0.05, 0.1) is 0 Å². The average Bonchev–Trinajstić information content (AvgIpc) is 2.69. The van der Waals surface area contributed by atoms with Crippen molar-refractivity contribution in [1.82, 2.24) is 10.6 Å². The van der Waals surface area contributed by atoms with E-state index in [1.54, 1.807) is 0 Å². The number of halogens is 1. The van der Waals surface area contributed by atoms with Crippen molar-refractivity contribution in [1.29, 1.82) is 0 Å². The molecule has 2 aromatic carbocycles. The van der Waals surface area contributed by atoms with Crippen LogP contribution in [0.2, 0.25) is 0 Å². The van der Waals surface area contributed by atoms with E-state index in [2.05, 4.69) is 10.6 Å². The van der Waals surface area contributed by atoms with Crippen LogP contribution in [0.5, 0.6) is 0 Å². The smallest absolute Gasteiger partial charge is 0.325 e. The third-order valence-corrected chi connectivity index (χ3v) is 3.65. The van der Waals surface area contributed by atoms with E-state index in [0.717, 1.165) is 5.56 Å². The number of carbonyl (C=O) groups is 3. The zero-order chi connectivity index (χ0) is 19.5. The Kier molecular flexibility index (Phi) is 7.96. The normalized spacial score (nSPS) is 10.1. The predicted octanol–water partition coefficient (Wildman–Crippen LogP) is 2.20. The molecule has 0 aliphatic heterocycles. The molecule has 0 unspecified atom stereocenters. The molecule has 2 rings (SSSR count). The number of amides is 2. The Bertz CT molecular complexity index is 763. The highest BCUT2D eigenvalue weighted by Gasteiger charge is 2.08. The van der Waals surface area contributed by atoms with Crippen LogP contribution in [-0.4, -0.2) is 30.9 Å². The van der Waals surface area contributed by atoms with Crippen molar-refractivity contribution in [3.05, 3.63) is 71.5 Å². The quantitative estimate of drug-likeness (QED) is 0.522. The van der Waals surface area contributed by atoms with Crippen LogP contribution in [0, 0.1) is 5.82 Å². The summed E-state index contributed by atoms with van der Waals surface area (Å²) in [6.45, 7) is 0.251.